The van der Waals surface area contributed by atoms with E-state index < -0.39 is 0 Å². The van der Waals surface area contributed by atoms with Crippen molar-refractivity contribution in [3.63, 3.8) is 0 Å². The fraction of sp³-hybridized carbons (Fsp3) is 0. The van der Waals surface area contributed by atoms with Crippen LogP contribution in [0.3, 0.4) is 0 Å². The summed E-state index contributed by atoms with van der Waals surface area (Å²) in [5, 5.41) is 4.11. The van der Waals surface area contributed by atoms with Crippen molar-refractivity contribution in [3.8, 4) is 22.6 Å². The highest BCUT2D eigenvalue weighted by Gasteiger charge is 2.23. The van der Waals surface area contributed by atoms with E-state index in [1.165, 1.54) is 5.56 Å². The topological polar surface area (TPSA) is 55.6 Å². The van der Waals surface area contributed by atoms with Crippen molar-refractivity contribution in [2.75, 3.05) is 4.90 Å². The molecule has 0 amide bonds. The molecule has 3 aromatic heterocycles. The molecule has 5 nitrogen and oxygen atoms in total. The Kier molecular flexibility index (Phi) is 5.81. The van der Waals surface area contributed by atoms with Gasteiger partial charge in [0, 0.05) is 39.2 Å². The highest BCUT2D eigenvalue weighted by molar-refractivity contribution is 6.18. The molecule has 0 atom stereocenters. The van der Waals surface area contributed by atoms with Crippen molar-refractivity contribution < 1.29 is 13.3 Å². The number of fused-ring (bicyclic) bond motifs is 7. The second-order valence-corrected chi connectivity index (χ2v) is 11.9. The number of anilines is 3. The van der Waals surface area contributed by atoms with Crippen molar-refractivity contribution in [1.82, 2.24) is 4.98 Å². The Morgan fingerprint density at radius 1 is 0.417 bits per heavy atom. The van der Waals surface area contributed by atoms with Crippen LogP contribution in [0.25, 0.3) is 77.6 Å². The van der Waals surface area contributed by atoms with Crippen LogP contribution in [-0.4, -0.2) is 4.98 Å². The Bertz CT molecular complexity index is 2760. The summed E-state index contributed by atoms with van der Waals surface area (Å²) in [5.41, 5.74) is 11.0. The monoisotopic (exact) mass is 618 g/mol. The molecule has 48 heavy (non-hydrogen) atoms. The largest absolute Gasteiger partial charge is 0.456 e. The third kappa shape index (κ3) is 4.15. The van der Waals surface area contributed by atoms with Crippen LogP contribution < -0.4 is 4.90 Å². The molecule has 0 saturated carbocycles. The van der Waals surface area contributed by atoms with E-state index in [0.717, 1.165) is 83.2 Å². The van der Waals surface area contributed by atoms with Crippen LogP contribution in [0.4, 0.5) is 17.1 Å². The van der Waals surface area contributed by atoms with Crippen LogP contribution in [0.1, 0.15) is 0 Å². The molecule has 3 heterocycles. The van der Waals surface area contributed by atoms with Gasteiger partial charge in [0.25, 0.3) is 0 Å². The van der Waals surface area contributed by atoms with Crippen LogP contribution in [-0.2, 0) is 0 Å². The number of nitrogens with zero attached hydrogens (tertiary/aromatic N) is 2. The van der Waals surface area contributed by atoms with Crippen molar-refractivity contribution in [2.45, 2.75) is 0 Å². The molecule has 0 aliphatic rings. The molecule has 0 radical (unpaired) electrons. The first-order valence-corrected chi connectivity index (χ1v) is 16.0. The third-order valence-electron chi connectivity index (χ3n) is 9.12. The summed E-state index contributed by atoms with van der Waals surface area (Å²) in [7, 11) is 0. The maximum Gasteiger partial charge on any atom is 0.228 e. The lowest BCUT2D eigenvalue weighted by Crippen LogP contribution is -2.10. The van der Waals surface area contributed by atoms with Crippen LogP contribution in [0, 0.1) is 0 Å². The Morgan fingerprint density at radius 3 is 1.92 bits per heavy atom. The zero-order valence-electron chi connectivity index (χ0n) is 25.6. The average molecular weight is 619 g/mol. The molecule has 0 bridgehead atoms. The molecule has 10 aromatic rings. The Hall–Kier alpha value is -6.59. The van der Waals surface area contributed by atoms with Gasteiger partial charge in [-0.2, -0.15) is 0 Å². The first kappa shape index (κ1) is 26.6. The SMILES string of the molecule is c1ccc(-c2ccc(N(c3ccc4c(c3)oc3ccccc34)c3cccc4oc5cccc(-c6nc7ccccc7o6)c5c34)cc2)cc1. The van der Waals surface area contributed by atoms with Gasteiger partial charge in [-0.05, 0) is 77.9 Å². The molecular formula is C43H26N2O3. The van der Waals surface area contributed by atoms with Crippen LogP contribution in [0.15, 0.2) is 171 Å². The highest BCUT2D eigenvalue weighted by atomic mass is 16.4. The summed E-state index contributed by atoms with van der Waals surface area (Å²) in [6, 6.07) is 53.9. The third-order valence-corrected chi connectivity index (χ3v) is 9.12. The van der Waals surface area contributed by atoms with Gasteiger partial charge in [0.1, 0.15) is 27.8 Å². The minimum absolute atomic E-state index is 0.557. The van der Waals surface area contributed by atoms with Gasteiger partial charge >= 0.3 is 0 Å². The summed E-state index contributed by atoms with van der Waals surface area (Å²) >= 11 is 0. The first-order valence-electron chi connectivity index (χ1n) is 16.0. The summed E-state index contributed by atoms with van der Waals surface area (Å²) in [6.07, 6.45) is 0. The summed E-state index contributed by atoms with van der Waals surface area (Å²) in [4.78, 5) is 7.15. The van der Waals surface area contributed by atoms with E-state index in [1.54, 1.807) is 0 Å². The molecule has 0 saturated heterocycles. The van der Waals surface area contributed by atoms with E-state index >= 15 is 0 Å². The van der Waals surface area contributed by atoms with E-state index in [4.69, 9.17) is 18.2 Å². The van der Waals surface area contributed by atoms with E-state index in [1.807, 2.05) is 72.8 Å². The van der Waals surface area contributed by atoms with Crippen molar-refractivity contribution >= 4 is 72.0 Å². The lowest BCUT2D eigenvalue weighted by molar-refractivity contribution is 0.620. The summed E-state index contributed by atoms with van der Waals surface area (Å²) < 4.78 is 19.2. The van der Waals surface area contributed by atoms with Gasteiger partial charge in [-0.3, -0.25) is 0 Å². The smallest absolute Gasteiger partial charge is 0.228 e. The molecule has 0 aliphatic carbocycles. The van der Waals surface area contributed by atoms with Gasteiger partial charge in [0.05, 0.1) is 11.1 Å². The molecule has 0 unspecified atom stereocenters. The van der Waals surface area contributed by atoms with Crippen LogP contribution in [0.5, 0.6) is 0 Å². The van der Waals surface area contributed by atoms with E-state index in [-0.39, 0.29) is 0 Å². The van der Waals surface area contributed by atoms with Crippen molar-refractivity contribution in [2.24, 2.45) is 0 Å². The number of furan rings is 2. The predicted octanol–water partition coefficient (Wildman–Crippen LogP) is 12.4. The normalized spacial score (nSPS) is 11.8. The fourth-order valence-electron chi connectivity index (χ4n) is 6.91. The van der Waals surface area contributed by atoms with Gasteiger partial charge in [-0.1, -0.05) is 84.9 Å². The molecule has 0 spiro atoms. The van der Waals surface area contributed by atoms with E-state index in [2.05, 4.69) is 89.8 Å². The maximum absolute atomic E-state index is 6.52. The standard InChI is InChI=1S/C43H26N2O3/c1-2-10-27(11-3-1)28-20-22-29(23-21-28)45(30-24-25-32-31-12-4-6-16-36(31)46-40(32)26-30)35-15-9-19-39-42(35)41-33(13-8-18-38(41)47-39)43-44-34-14-5-7-17-37(34)48-43/h1-26H. The molecule has 0 fully saturated rings. The zero-order valence-corrected chi connectivity index (χ0v) is 25.6. The lowest BCUT2D eigenvalue weighted by Gasteiger charge is -2.26. The average Bonchev–Trinajstić information content (AvgIpc) is 3.86. The minimum Gasteiger partial charge on any atom is -0.456 e. The van der Waals surface area contributed by atoms with E-state index in [9.17, 15) is 0 Å². The Morgan fingerprint density at radius 2 is 1.06 bits per heavy atom. The quantitative estimate of drug-likeness (QED) is 0.192. The second-order valence-electron chi connectivity index (χ2n) is 11.9. The molecule has 226 valence electrons. The van der Waals surface area contributed by atoms with Gasteiger partial charge in [0.15, 0.2) is 5.58 Å². The predicted molar refractivity (Wildman–Crippen MR) is 194 cm³/mol. The number of benzene rings is 7. The second kappa shape index (κ2) is 10.5. The van der Waals surface area contributed by atoms with Crippen molar-refractivity contribution in [1.29, 1.82) is 0 Å². The molecular weight excluding hydrogens is 592 g/mol. The van der Waals surface area contributed by atoms with Gasteiger partial charge in [-0.15, -0.1) is 0 Å². The van der Waals surface area contributed by atoms with Gasteiger partial charge in [-0.25, -0.2) is 4.98 Å². The van der Waals surface area contributed by atoms with Crippen LogP contribution >= 0.6 is 0 Å². The summed E-state index contributed by atoms with van der Waals surface area (Å²) in [5.74, 6) is 0.557. The maximum atomic E-state index is 6.52. The number of hydrogen-bond donors (Lipinski definition) is 0. The molecule has 5 heteroatoms. The van der Waals surface area contributed by atoms with Gasteiger partial charge < -0.3 is 18.2 Å². The van der Waals surface area contributed by atoms with E-state index in [0.29, 0.717) is 5.89 Å². The number of rotatable bonds is 5. The minimum atomic E-state index is 0.557. The molecule has 0 N–H and O–H groups in total. The number of para-hydroxylation sites is 3. The van der Waals surface area contributed by atoms with Crippen LogP contribution in [0.2, 0.25) is 0 Å². The number of oxazole rings is 1. The molecule has 10 rings (SSSR count). The zero-order chi connectivity index (χ0) is 31.6. The number of aromatic nitrogens is 1. The first-order chi connectivity index (χ1) is 23.8. The van der Waals surface area contributed by atoms with Crippen molar-refractivity contribution in [3.05, 3.63) is 158 Å². The summed E-state index contributed by atoms with van der Waals surface area (Å²) in [6.45, 7) is 0. The number of hydrogen-bond acceptors (Lipinski definition) is 5. The Labute approximate surface area is 274 Å². The molecule has 7 aromatic carbocycles. The lowest BCUT2D eigenvalue weighted by atomic mass is 10.0. The fourth-order valence-corrected chi connectivity index (χ4v) is 6.91. The molecule has 0 aliphatic heterocycles. The highest BCUT2D eigenvalue weighted by Crippen LogP contribution is 2.46. The Balaban J connectivity index is 1.23. The van der Waals surface area contributed by atoms with Gasteiger partial charge in [0.2, 0.25) is 5.89 Å².